The van der Waals surface area contributed by atoms with E-state index in [1.807, 2.05) is 11.8 Å². The number of halogens is 1. The Morgan fingerprint density at radius 3 is 2.24 bits per heavy atom. The molecule has 0 bridgehead atoms. The third-order valence-corrected chi connectivity index (χ3v) is 4.46. The molecule has 2 aromatic rings. The Bertz CT molecular complexity index is 503. The molecule has 2 heteroatoms. The second-order valence-corrected chi connectivity index (χ2v) is 6.39. The molecule has 0 amide bonds. The average molecular weight is 354 g/mol. The molecule has 0 aliphatic rings. The maximum absolute atomic E-state index is 2.33. The minimum Gasteiger partial charge on any atom is -0.0901 e. The van der Waals surface area contributed by atoms with Crippen LogP contribution in [0.4, 0.5) is 0 Å². The van der Waals surface area contributed by atoms with Gasteiger partial charge in [0.05, 0.1) is 0 Å². The van der Waals surface area contributed by atoms with Crippen LogP contribution in [-0.4, -0.2) is 0 Å². The normalized spacial score (nSPS) is 10.5. The van der Waals surface area contributed by atoms with Crippen LogP contribution in [0.25, 0.3) is 0 Å². The number of hydrogen-bond donors (Lipinski definition) is 0. The number of benzene rings is 2. The highest BCUT2D eigenvalue weighted by atomic mass is 127. The molecule has 2 aromatic carbocycles. The fourth-order valence-electron chi connectivity index (χ4n) is 1.77. The first-order valence-corrected chi connectivity index (χ1v) is 7.61. The number of rotatable bonds is 3. The van der Waals surface area contributed by atoms with E-state index in [0.717, 1.165) is 6.42 Å². The van der Waals surface area contributed by atoms with Gasteiger partial charge in [-0.3, -0.25) is 0 Å². The molecule has 0 aliphatic carbocycles. The fraction of sp³-hybridized carbons (Fsp3) is 0.200. The largest absolute Gasteiger partial charge is 0.0901 e. The molecule has 2 rings (SSSR count). The van der Waals surface area contributed by atoms with Gasteiger partial charge in [-0.1, -0.05) is 24.8 Å². The Kier molecular flexibility index (Phi) is 4.51. The van der Waals surface area contributed by atoms with Gasteiger partial charge in [-0.15, -0.1) is 0 Å². The molecule has 0 unspecified atom stereocenters. The quantitative estimate of drug-likeness (QED) is 0.673. The highest BCUT2D eigenvalue weighted by Gasteiger charge is 2.00. The zero-order chi connectivity index (χ0) is 12.3. The predicted molar refractivity (Wildman–Crippen MR) is 83.8 cm³/mol. The minimum atomic E-state index is 1.11. The summed E-state index contributed by atoms with van der Waals surface area (Å²) in [5.41, 5.74) is 2.83. The van der Waals surface area contributed by atoms with Gasteiger partial charge in [0.15, 0.2) is 0 Å². The maximum atomic E-state index is 2.33. The van der Waals surface area contributed by atoms with Gasteiger partial charge in [0, 0.05) is 13.4 Å². The molecule has 0 nitrogen and oxygen atoms in total. The predicted octanol–water partition coefficient (Wildman–Crippen LogP) is 5.31. The van der Waals surface area contributed by atoms with Gasteiger partial charge in [0.2, 0.25) is 0 Å². The summed E-state index contributed by atoms with van der Waals surface area (Å²) in [4.78, 5) is 2.62. The molecule has 0 heterocycles. The molecule has 0 spiro atoms. The first-order valence-electron chi connectivity index (χ1n) is 5.72. The highest BCUT2D eigenvalue weighted by molar-refractivity contribution is 14.1. The Balaban J connectivity index is 2.19. The minimum absolute atomic E-state index is 1.11. The smallest absolute Gasteiger partial charge is 0.0131 e. The average Bonchev–Trinajstić information content (AvgIpc) is 2.32. The van der Waals surface area contributed by atoms with Gasteiger partial charge in [0.25, 0.3) is 0 Å². The van der Waals surface area contributed by atoms with Crippen molar-refractivity contribution < 1.29 is 0 Å². The standard InChI is InChI=1S/C15H15IS/c1-3-12-4-7-15(10-11(12)2)17-14-8-5-13(16)6-9-14/h4-10H,3H2,1-2H3. The van der Waals surface area contributed by atoms with E-state index in [9.17, 15) is 0 Å². The van der Waals surface area contributed by atoms with Gasteiger partial charge < -0.3 is 0 Å². The van der Waals surface area contributed by atoms with Crippen molar-refractivity contribution in [1.29, 1.82) is 0 Å². The van der Waals surface area contributed by atoms with Crippen LogP contribution >= 0.6 is 34.4 Å². The van der Waals surface area contributed by atoms with Crippen LogP contribution in [0.15, 0.2) is 52.3 Å². The van der Waals surface area contributed by atoms with Crippen molar-refractivity contribution in [1.82, 2.24) is 0 Å². The van der Waals surface area contributed by atoms with Gasteiger partial charge in [0.1, 0.15) is 0 Å². The summed E-state index contributed by atoms with van der Waals surface area (Å²) in [6.45, 7) is 4.39. The maximum Gasteiger partial charge on any atom is 0.0131 e. The molecular formula is C15H15IS. The Hall–Kier alpha value is -0.480. The summed E-state index contributed by atoms with van der Waals surface area (Å²) in [6, 6.07) is 15.4. The van der Waals surface area contributed by atoms with E-state index in [1.165, 1.54) is 24.5 Å². The highest BCUT2D eigenvalue weighted by Crippen LogP contribution is 2.29. The first kappa shape index (κ1) is 13.0. The zero-order valence-corrected chi connectivity index (χ0v) is 13.0. The molecule has 0 N–H and O–H groups in total. The first-order chi connectivity index (χ1) is 8.19. The molecule has 88 valence electrons. The van der Waals surface area contributed by atoms with Crippen molar-refractivity contribution in [3.8, 4) is 0 Å². The van der Waals surface area contributed by atoms with Crippen LogP contribution in [-0.2, 0) is 6.42 Å². The lowest BCUT2D eigenvalue weighted by Crippen LogP contribution is -1.86. The third-order valence-electron chi connectivity index (χ3n) is 2.74. The van der Waals surface area contributed by atoms with Gasteiger partial charge in [-0.25, -0.2) is 0 Å². The van der Waals surface area contributed by atoms with Crippen LogP contribution in [0, 0.1) is 10.5 Å². The summed E-state index contributed by atoms with van der Waals surface area (Å²) >= 11 is 4.16. The molecule has 0 fully saturated rings. The van der Waals surface area contributed by atoms with Crippen LogP contribution in [0.2, 0.25) is 0 Å². The van der Waals surface area contributed by atoms with Crippen LogP contribution in [0.1, 0.15) is 18.1 Å². The van der Waals surface area contributed by atoms with Crippen molar-refractivity contribution in [2.45, 2.75) is 30.1 Å². The van der Waals surface area contributed by atoms with Crippen LogP contribution in [0.5, 0.6) is 0 Å². The number of aryl methyl sites for hydroxylation is 2. The van der Waals surface area contributed by atoms with Crippen LogP contribution < -0.4 is 0 Å². The molecular weight excluding hydrogens is 339 g/mol. The Labute approximate surface area is 121 Å². The van der Waals surface area contributed by atoms with Crippen molar-refractivity contribution in [3.63, 3.8) is 0 Å². The molecule has 0 aliphatic heterocycles. The number of hydrogen-bond acceptors (Lipinski definition) is 1. The van der Waals surface area contributed by atoms with E-state index in [-0.39, 0.29) is 0 Å². The second-order valence-electron chi connectivity index (χ2n) is 4.00. The molecule has 0 saturated carbocycles. The topological polar surface area (TPSA) is 0 Å². The lowest BCUT2D eigenvalue weighted by atomic mass is 10.1. The van der Waals surface area contributed by atoms with E-state index in [0.29, 0.717) is 0 Å². The van der Waals surface area contributed by atoms with E-state index in [2.05, 4.69) is 78.9 Å². The SMILES string of the molecule is CCc1ccc(Sc2ccc(I)cc2)cc1C. The molecule has 17 heavy (non-hydrogen) atoms. The van der Waals surface area contributed by atoms with Gasteiger partial charge >= 0.3 is 0 Å². The lowest BCUT2D eigenvalue weighted by Gasteiger charge is -2.06. The zero-order valence-electron chi connectivity index (χ0n) is 10.0. The van der Waals surface area contributed by atoms with Crippen molar-refractivity contribution >= 4 is 34.4 Å². The van der Waals surface area contributed by atoms with E-state index in [1.54, 1.807) is 0 Å². The molecule has 0 aromatic heterocycles. The van der Waals surface area contributed by atoms with Gasteiger partial charge in [-0.2, -0.15) is 0 Å². The monoisotopic (exact) mass is 354 g/mol. The van der Waals surface area contributed by atoms with Crippen molar-refractivity contribution in [3.05, 3.63) is 57.2 Å². The summed E-state index contributed by atoms with van der Waals surface area (Å²) in [5, 5.41) is 0. The van der Waals surface area contributed by atoms with Crippen molar-refractivity contribution in [2.75, 3.05) is 0 Å². The lowest BCUT2D eigenvalue weighted by molar-refractivity contribution is 1.10. The second kappa shape index (κ2) is 5.91. The van der Waals surface area contributed by atoms with Crippen molar-refractivity contribution in [2.24, 2.45) is 0 Å². The summed E-state index contributed by atoms with van der Waals surface area (Å²) in [7, 11) is 0. The van der Waals surface area contributed by atoms with E-state index < -0.39 is 0 Å². The van der Waals surface area contributed by atoms with Crippen LogP contribution in [0.3, 0.4) is 0 Å². The van der Waals surface area contributed by atoms with Gasteiger partial charge in [-0.05, 0) is 83.5 Å². The molecule has 0 saturated heterocycles. The molecule has 0 atom stereocenters. The third kappa shape index (κ3) is 3.49. The Morgan fingerprint density at radius 2 is 1.65 bits per heavy atom. The summed E-state index contributed by atoms with van der Waals surface area (Å²) in [5.74, 6) is 0. The summed E-state index contributed by atoms with van der Waals surface area (Å²) < 4.78 is 1.28. The molecule has 0 radical (unpaired) electrons. The summed E-state index contributed by atoms with van der Waals surface area (Å²) in [6.07, 6.45) is 1.11. The fourth-order valence-corrected chi connectivity index (χ4v) is 3.04. The van der Waals surface area contributed by atoms with E-state index in [4.69, 9.17) is 0 Å². The van der Waals surface area contributed by atoms with E-state index >= 15 is 0 Å². The Morgan fingerprint density at radius 1 is 1.00 bits per heavy atom.